The molecule has 1 aliphatic heterocycles. The molecule has 1 saturated heterocycles. The molecule has 0 saturated carbocycles. The van der Waals surface area contributed by atoms with Gasteiger partial charge in [0, 0.05) is 10.0 Å². The van der Waals surface area contributed by atoms with Crippen LogP contribution in [-0.4, -0.2) is 21.9 Å². The van der Waals surface area contributed by atoms with Gasteiger partial charge in [0.25, 0.3) is 11.7 Å². The molecule has 0 bridgehead atoms. The first-order valence-corrected chi connectivity index (χ1v) is 10.1. The van der Waals surface area contributed by atoms with E-state index in [9.17, 15) is 19.8 Å². The van der Waals surface area contributed by atoms with Crippen molar-refractivity contribution in [3.8, 4) is 5.75 Å². The van der Waals surface area contributed by atoms with E-state index in [1.54, 1.807) is 48.5 Å². The van der Waals surface area contributed by atoms with Crippen molar-refractivity contribution in [1.82, 2.24) is 0 Å². The quantitative estimate of drug-likeness (QED) is 0.322. The molecule has 0 aromatic heterocycles. The van der Waals surface area contributed by atoms with Crippen LogP contribution in [0.2, 0.25) is 0 Å². The maximum atomic E-state index is 13.1. The number of nitrogens with zero attached hydrogens (tertiary/aromatic N) is 1. The molecule has 30 heavy (non-hydrogen) atoms. The SMILES string of the molecule is Cc1cccc(C2/C(=C(/O)c3ccc(Br)cc3)C(=O)C(=O)N2c2ccccc2O)c1. The Bertz CT molecular complexity index is 1180. The summed E-state index contributed by atoms with van der Waals surface area (Å²) in [6.07, 6.45) is 0. The minimum Gasteiger partial charge on any atom is -0.507 e. The van der Waals surface area contributed by atoms with Crippen molar-refractivity contribution < 1.29 is 19.8 Å². The minimum absolute atomic E-state index is 0.0174. The first kappa shape index (κ1) is 19.9. The summed E-state index contributed by atoms with van der Waals surface area (Å²) in [6, 6.07) is 19.7. The van der Waals surface area contributed by atoms with E-state index in [2.05, 4.69) is 15.9 Å². The first-order chi connectivity index (χ1) is 14.4. The molecule has 2 N–H and O–H groups in total. The fourth-order valence-electron chi connectivity index (χ4n) is 3.67. The van der Waals surface area contributed by atoms with E-state index in [1.165, 1.54) is 11.0 Å². The van der Waals surface area contributed by atoms with E-state index in [0.717, 1.165) is 10.0 Å². The average Bonchev–Trinajstić information content (AvgIpc) is 2.99. The van der Waals surface area contributed by atoms with Gasteiger partial charge in [-0.25, -0.2) is 0 Å². The van der Waals surface area contributed by atoms with Gasteiger partial charge < -0.3 is 10.2 Å². The molecular formula is C24H18BrNO4. The number of benzene rings is 3. The maximum absolute atomic E-state index is 13.1. The van der Waals surface area contributed by atoms with Gasteiger partial charge in [0.05, 0.1) is 17.3 Å². The first-order valence-electron chi connectivity index (χ1n) is 9.30. The minimum atomic E-state index is -0.873. The van der Waals surface area contributed by atoms with Crippen LogP contribution in [0, 0.1) is 6.92 Å². The summed E-state index contributed by atoms with van der Waals surface area (Å²) in [6.45, 7) is 1.91. The summed E-state index contributed by atoms with van der Waals surface area (Å²) < 4.78 is 0.823. The van der Waals surface area contributed by atoms with Crippen LogP contribution in [0.3, 0.4) is 0 Å². The van der Waals surface area contributed by atoms with Crippen molar-refractivity contribution >= 4 is 39.1 Å². The number of para-hydroxylation sites is 2. The molecule has 3 aromatic rings. The van der Waals surface area contributed by atoms with Crippen LogP contribution in [0.1, 0.15) is 22.7 Å². The molecule has 4 rings (SSSR count). The number of hydrogen-bond acceptors (Lipinski definition) is 4. The second kappa shape index (κ2) is 7.80. The van der Waals surface area contributed by atoms with Crippen LogP contribution in [-0.2, 0) is 9.59 Å². The zero-order chi connectivity index (χ0) is 21.4. The zero-order valence-corrected chi connectivity index (χ0v) is 17.6. The van der Waals surface area contributed by atoms with Gasteiger partial charge >= 0.3 is 0 Å². The molecular weight excluding hydrogens is 446 g/mol. The molecule has 1 atom stereocenters. The van der Waals surface area contributed by atoms with Crippen LogP contribution in [0.4, 0.5) is 5.69 Å². The Morgan fingerprint density at radius 2 is 1.67 bits per heavy atom. The van der Waals surface area contributed by atoms with Crippen molar-refractivity contribution in [2.45, 2.75) is 13.0 Å². The summed E-state index contributed by atoms with van der Waals surface area (Å²) in [5.41, 5.74) is 2.22. The summed E-state index contributed by atoms with van der Waals surface area (Å²) in [7, 11) is 0. The Kier molecular flexibility index (Phi) is 5.18. The summed E-state index contributed by atoms with van der Waals surface area (Å²) in [4.78, 5) is 27.3. The van der Waals surface area contributed by atoms with Crippen molar-refractivity contribution in [1.29, 1.82) is 0 Å². The lowest BCUT2D eigenvalue weighted by Gasteiger charge is -2.26. The number of rotatable bonds is 3. The summed E-state index contributed by atoms with van der Waals surface area (Å²) in [5.74, 6) is -1.99. The van der Waals surface area contributed by atoms with Crippen LogP contribution >= 0.6 is 15.9 Å². The smallest absolute Gasteiger partial charge is 0.300 e. The van der Waals surface area contributed by atoms with Crippen molar-refractivity contribution in [2.75, 3.05) is 4.90 Å². The van der Waals surface area contributed by atoms with Gasteiger partial charge in [-0.15, -0.1) is 0 Å². The summed E-state index contributed by atoms with van der Waals surface area (Å²) in [5, 5.41) is 21.4. The lowest BCUT2D eigenvalue weighted by Crippen LogP contribution is -2.29. The molecule has 1 unspecified atom stereocenters. The number of hydrogen-bond donors (Lipinski definition) is 2. The zero-order valence-electron chi connectivity index (χ0n) is 16.0. The number of anilines is 1. The van der Waals surface area contributed by atoms with Gasteiger partial charge in [-0.3, -0.25) is 14.5 Å². The van der Waals surface area contributed by atoms with Crippen LogP contribution in [0.25, 0.3) is 5.76 Å². The predicted molar refractivity (Wildman–Crippen MR) is 118 cm³/mol. The molecule has 1 amide bonds. The van der Waals surface area contributed by atoms with Crippen molar-refractivity contribution in [2.24, 2.45) is 0 Å². The highest BCUT2D eigenvalue weighted by atomic mass is 79.9. The Labute approximate surface area is 182 Å². The Balaban J connectivity index is 1.98. The number of carbonyl (C=O) groups is 2. The summed E-state index contributed by atoms with van der Waals surface area (Å²) >= 11 is 3.35. The molecule has 0 radical (unpaired) electrons. The standard InChI is InChI=1S/C24H18BrNO4/c1-14-5-4-6-16(13-14)21-20(22(28)15-9-11-17(25)12-10-15)23(29)24(30)26(21)18-7-2-3-8-19(18)27/h2-13,21,27-28H,1H3/b22-20-. The van der Waals surface area contributed by atoms with E-state index in [1.807, 2.05) is 25.1 Å². The number of Topliss-reactive ketones (excluding diaryl/α,β-unsaturated/α-hetero) is 1. The number of ketones is 1. The Hall–Kier alpha value is -3.38. The third-order valence-corrected chi connectivity index (χ3v) is 5.59. The topological polar surface area (TPSA) is 77.8 Å². The molecule has 3 aromatic carbocycles. The number of aryl methyl sites for hydroxylation is 1. The molecule has 1 heterocycles. The molecule has 0 aliphatic carbocycles. The van der Waals surface area contributed by atoms with Gasteiger partial charge in [0.2, 0.25) is 0 Å². The van der Waals surface area contributed by atoms with E-state index in [4.69, 9.17) is 0 Å². The molecule has 150 valence electrons. The average molecular weight is 464 g/mol. The van der Waals surface area contributed by atoms with Gasteiger partial charge in [0.1, 0.15) is 11.5 Å². The molecule has 6 heteroatoms. The number of aliphatic hydroxyl groups excluding tert-OH is 1. The molecule has 0 spiro atoms. The van der Waals surface area contributed by atoms with E-state index in [0.29, 0.717) is 11.1 Å². The number of amides is 1. The number of phenols is 1. The number of carbonyl (C=O) groups excluding carboxylic acids is 2. The third kappa shape index (κ3) is 3.39. The van der Waals surface area contributed by atoms with Gasteiger partial charge in [0.15, 0.2) is 0 Å². The molecule has 5 nitrogen and oxygen atoms in total. The van der Waals surface area contributed by atoms with E-state index in [-0.39, 0.29) is 22.8 Å². The fourth-order valence-corrected chi connectivity index (χ4v) is 3.93. The highest BCUT2D eigenvalue weighted by Gasteiger charge is 2.47. The van der Waals surface area contributed by atoms with Crippen LogP contribution in [0.5, 0.6) is 5.75 Å². The second-order valence-corrected chi connectivity index (χ2v) is 7.99. The second-order valence-electron chi connectivity index (χ2n) is 7.08. The van der Waals surface area contributed by atoms with E-state index < -0.39 is 17.7 Å². The monoisotopic (exact) mass is 463 g/mol. The van der Waals surface area contributed by atoms with Gasteiger partial charge in [-0.05, 0) is 36.8 Å². The molecule has 1 fully saturated rings. The van der Waals surface area contributed by atoms with Gasteiger partial charge in [-0.2, -0.15) is 0 Å². The van der Waals surface area contributed by atoms with Gasteiger partial charge in [-0.1, -0.05) is 70.0 Å². The lowest BCUT2D eigenvalue weighted by atomic mass is 9.94. The largest absolute Gasteiger partial charge is 0.507 e. The van der Waals surface area contributed by atoms with Crippen molar-refractivity contribution in [3.05, 3.63) is 99.5 Å². The normalized spacial score (nSPS) is 18.1. The highest BCUT2D eigenvalue weighted by molar-refractivity contribution is 9.10. The van der Waals surface area contributed by atoms with Crippen LogP contribution in [0.15, 0.2) is 82.8 Å². The van der Waals surface area contributed by atoms with Crippen molar-refractivity contribution in [3.63, 3.8) is 0 Å². The fraction of sp³-hybridized carbons (Fsp3) is 0.0833. The van der Waals surface area contributed by atoms with Crippen LogP contribution < -0.4 is 4.90 Å². The number of halogens is 1. The highest BCUT2D eigenvalue weighted by Crippen LogP contribution is 2.44. The Morgan fingerprint density at radius 1 is 0.967 bits per heavy atom. The Morgan fingerprint density at radius 3 is 2.33 bits per heavy atom. The number of phenolic OH excluding ortho intramolecular Hbond substituents is 1. The lowest BCUT2D eigenvalue weighted by molar-refractivity contribution is -0.132. The number of aliphatic hydroxyl groups is 1. The van der Waals surface area contributed by atoms with E-state index >= 15 is 0 Å². The molecule has 1 aliphatic rings. The number of aromatic hydroxyl groups is 1. The third-order valence-electron chi connectivity index (χ3n) is 5.06. The predicted octanol–water partition coefficient (Wildman–Crippen LogP) is 5.09. The maximum Gasteiger partial charge on any atom is 0.300 e.